The molecule has 1 aromatic heterocycles. The molecule has 0 saturated carbocycles. The zero-order valence-corrected chi connectivity index (χ0v) is 7.00. The second-order valence-corrected chi connectivity index (χ2v) is 2.38. The van der Waals surface area contributed by atoms with Gasteiger partial charge in [-0.25, -0.2) is 8.78 Å². The molecule has 0 aromatic carbocycles. The van der Waals surface area contributed by atoms with Crippen molar-refractivity contribution in [1.29, 1.82) is 0 Å². The van der Waals surface area contributed by atoms with Crippen LogP contribution in [0.4, 0.5) is 8.78 Å². The Labute approximate surface area is 74.0 Å². The van der Waals surface area contributed by atoms with Crippen LogP contribution in [-0.2, 0) is 6.61 Å². The summed E-state index contributed by atoms with van der Waals surface area (Å²) in [5, 5.41) is 8.75. The molecule has 0 atom stereocenters. The van der Waals surface area contributed by atoms with E-state index in [1.807, 2.05) is 0 Å². The Morgan fingerprint density at radius 3 is 2.77 bits per heavy atom. The van der Waals surface area contributed by atoms with E-state index in [9.17, 15) is 8.78 Å². The van der Waals surface area contributed by atoms with Crippen LogP contribution in [0.15, 0.2) is 12.3 Å². The van der Waals surface area contributed by atoms with Gasteiger partial charge in [0, 0.05) is 11.8 Å². The number of aromatic nitrogens is 1. The molecule has 1 rings (SSSR count). The largest absolute Gasteiger partial charge is 0.495 e. The molecule has 0 radical (unpaired) electrons. The molecule has 3 nitrogen and oxygen atoms in total. The van der Waals surface area contributed by atoms with Gasteiger partial charge in [0.25, 0.3) is 6.43 Å². The van der Waals surface area contributed by atoms with E-state index in [4.69, 9.17) is 9.84 Å². The third kappa shape index (κ3) is 2.12. The summed E-state index contributed by atoms with van der Waals surface area (Å²) in [4.78, 5) is 3.63. The van der Waals surface area contributed by atoms with Crippen molar-refractivity contribution < 1.29 is 18.6 Å². The number of aliphatic hydroxyl groups excluding tert-OH is 1. The topological polar surface area (TPSA) is 42.4 Å². The Hall–Kier alpha value is -1.23. The number of pyridine rings is 1. The Kier molecular flexibility index (Phi) is 3.13. The summed E-state index contributed by atoms with van der Waals surface area (Å²) in [6.07, 6.45) is -1.55. The lowest BCUT2D eigenvalue weighted by Crippen LogP contribution is -1.97. The summed E-state index contributed by atoms with van der Waals surface area (Å²) >= 11 is 0. The molecule has 72 valence electrons. The number of alkyl halides is 2. The predicted molar refractivity (Wildman–Crippen MR) is 41.7 cm³/mol. The second kappa shape index (κ2) is 4.13. The monoisotopic (exact) mass is 189 g/mol. The molecule has 0 unspecified atom stereocenters. The Morgan fingerprint density at radius 1 is 1.62 bits per heavy atom. The van der Waals surface area contributed by atoms with Gasteiger partial charge in [0.2, 0.25) is 0 Å². The molecule has 0 aliphatic rings. The number of methoxy groups -OCH3 is 1. The van der Waals surface area contributed by atoms with E-state index in [2.05, 4.69) is 4.98 Å². The van der Waals surface area contributed by atoms with Crippen molar-refractivity contribution >= 4 is 0 Å². The molecule has 0 fully saturated rings. The van der Waals surface area contributed by atoms with E-state index >= 15 is 0 Å². The van der Waals surface area contributed by atoms with Gasteiger partial charge < -0.3 is 9.84 Å². The van der Waals surface area contributed by atoms with Crippen molar-refractivity contribution in [3.8, 4) is 5.75 Å². The van der Waals surface area contributed by atoms with Crippen molar-refractivity contribution in [2.24, 2.45) is 0 Å². The highest BCUT2D eigenvalue weighted by Gasteiger charge is 2.11. The predicted octanol–water partition coefficient (Wildman–Crippen LogP) is 1.52. The van der Waals surface area contributed by atoms with Crippen LogP contribution in [0.1, 0.15) is 17.7 Å². The first kappa shape index (κ1) is 9.85. The summed E-state index contributed by atoms with van der Waals surface area (Å²) in [7, 11) is 1.34. The molecule has 1 aromatic rings. The molecule has 1 heterocycles. The number of halogens is 2. The molecular weight excluding hydrogens is 180 g/mol. The molecule has 0 aliphatic carbocycles. The summed E-state index contributed by atoms with van der Waals surface area (Å²) in [6, 6.07) is 1.17. The molecule has 13 heavy (non-hydrogen) atoms. The zero-order valence-electron chi connectivity index (χ0n) is 7.00. The fourth-order valence-corrected chi connectivity index (χ4v) is 0.903. The first-order valence-corrected chi connectivity index (χ1v) is 3.61. The van der Waals surface area contributed by atoms with Crippen LogP contribution in [0.5, 0.6) is 5.75 Å². The number of aliphatic hydroxyl groups is 1. The highest BCUT2D eigenvalue weighted by Crippen LogP contribution is 2.24. The van der Waals surface area contributed by atoms with Gasteiger partial charge in [-0.3, -0.25) is 4.98 Å². The molecule has 0 aliphatic heterocycles. The van der Waals surface area contributed by atoms with Crippen LogP contribution in [0, 0.1) is 0 Å². The van der Waals surface area contributed by atoms with Crippen LogP contribution in [0.25, 0.3) is 0 Å². The Bertz CT molecular complexity index is 291. The fourth-order valence-electron chi connectivity index (χ4n) is 0.903. The Balaban J connectivity index is 3.05. The van der Waals surface area contributed by atoms with Crippen LogP contribution in [-0.4, -0.2) is 17.2 Å². The number of nitrogens with zero attached hydrogens (tertiary/aromatic N) is 1. The summed E-state index contributed by atoms with van der Waals surface area (Å²) < 4.78 is 29.1. The van der Waals surface area contributed by atoms with E-state index in [-0.39, 0.29) is 23.6 Å². The number of hydrogen-bond donors (Lipinski definition) is 1. The molecular formula is C8H9F2NO2. The van der Waals surface area contributed by atoms with Crippen molar-refractivity contribution in [1.82, 2.24) is 4.98 Å². The third-order valence-corrected chi connectivity index (χ3v) is 1.57. The van der Waals surface area contributed by atoms with Gasteiger partial charge in [-0.15, -0.1) is 0 Å². The van der Waals surface area contributed by atoms with Crippen LogP contribution in [0.2, 0.25) is 0 Å². The highest BCUT2D eigenvalue weighted by atomic mass is 19.3. The van der Waals surface area contributed by atoms with Crippen molar-refractivity contribution in [3.63, 3.8) is 0 Å². The van der Waals surface area contributed by atoms with E-state index in [1.54, 1.807) is 0 Å². The standard InChI is InChI=1S/C8H9F2NO2/c1-13-7-2-5(8(9)10)3-11-6(7)4-12/h2-3,8,12H,4H2,1H3. The van der Waals surface area contributed by atoms with Crippen molar-refractivity contribution in [2.75, 3.05) is 7.11 Å². The van der Waals surface area contributed by atoms with Crippen LogP contribution >= 0.6 is 0 Å². The quantitative estimate of drug-likeness (QED) is 0.783. The Morgan fingerprint density at radius 2 is 2.31 bits per heavy atom. The normalized spacial score (nSPS) is 10.5. The van der Waals surface area contributed by atoms with E-state index in [0.717, 1.165) is 6.20 Å². The minimum atomic E-state index is -2.57. The van der Waals surface area contributed by atoms with Crippen LogP contribution < -0.4 is 4.74 Å². The average molecular weight is 189 g/mol. The average Bonchev–Trinajstić information content (AvgIpc) is 2.16. The van der Waals surface area contributed by atoms with Gasteiger partial charge in [-0.05, 0) is 6.07 Å². The zero-order chi connectivity index (χ0) is 9.84. The first-order chi connectivity index (χ1) is 6.19. The lowest BCUT2D eigenvalue weighted by atomic mass is 10.2. The molecule has 0 bridgehead atoms. The van der Waals surface area contributed by atoms with Crippen LogP contribution in [0.3, 0.4) is 0 Å². The fraction of sp³-hybridized carbons (Fsp3) is 0.375. The van der Waals surface area contributed by atoms with Gasteiger partial charge in [0.1, 0.15) is 11.4 Å². The maximum Gasteiger partial charge on any atom is 0.265 e. The molecule has 1 N–H and O–H groups in total. The van der Waals surface area contributed by atoms with Gasteiger partial charge in [0.15, 0.2) is 0 Å². The summed E-state index contributed by atoms with van der Waals surface area (Å²) in [6.45, 7) is -0.327. The van der Waals surface area contributed by atoms with Crippen molar-refractivity contribution in [3.05, 3.63) is 23.5 Å². The van der Waals surface area contributed by atoms with Crippen molar-refractivity contribution in [2.45, 2.75) is 13.0 Å². The van der Waals surface area contributed by atoms with Gasteiger partial charge >= 0.3 is 0 Å². The van der Waals surface area contributed by atoms with E-state index < -0.39 is 6.43 Å². The smallest absolute Gasteiger partial charge is 0.265 e. The lowest BCUT2D eigenvalue weighted by Gasteiger charge is -2.06. The maximum atomic E-state index is 12.2. The molecule has 0 saturated heterocycles. The lowest BCUT2D eigenvalue weighted by molar-refractivity contribution is 0.150. The SMILES string of the molecule is COc1cc(C(F)F)cnc1CO. The number of ether oxygens (including phenoxy) is 1. The van der Waals surface area contributed by atoms with Gasteiger partial charge in [0.05, 0.1) is 13.7 Å². The second-order valence-electron chi connectivity index (χ2n) is 2.38. The number of rotatable bonds is 3. The maximum absolute atomic E-state index is 12.2. The van der Waals surface area contributed by atoms with Gasteiger partial charge in [-0.1, -0.05) is 0 Å². The molecule has 0 amide bonds. The number of hydrogen-bond acceptors (Lipinski definition) is 3. The van der Waals surface area contributed by atoms with Gasteiger partial charge in [-0.2, -0.15) is 0 Å². The van der Waals surface area contributed by atoms with E-state index in [0.29, 0.717) is 0 Å². The minimum Gasteiger partial charge on any atom is -0.495 e. The van der Waals surface area contributed by atoms with E-state index in [1.165, 1.54) is 13.2 Å². The first-order valence-electron chi connectivity index (χ1n) is 3.61. The molecule has 5 heteroatoms. The minimum absolute atomic E-state index is 0.181. The summed E-state index contributed by atoms with van der Waals surface area (Å²) in [5.41, 5.74) is 0.0425. The highest BCUT2D eigenvalue weighted by molar-refractivity contribution is 5.31. The third-order valence-electron chi connectivity index (χ3n) is 1.57. The summed E-state index contributed by atoms with van der Waals surface area (Å²) in [5.74, 6) is 0.181. The molecule has 0 spiro atoms.